The van der Waals surface area contributed by atoms with E-state index in [1.807, 2.05) is 0 Å². The minimum absolute atomic E-state index is 0.0259. The van der Waals surface area contributed by atoms with Gasteiger partial charge in [-0.05, 0) is 67.8 Å². The van der Waals surface area contributed by atoms with Crippen LogP contribution in [0.1, 0.15) is 44.6 Å². The number of halogens is 2. The standard InChI is InChI=1S/C32H37Cl2N3O6S/c1-4-28(32(39)35-22-10-5-6-11-22)36(20-25-26(33)12-9-13-27(25)34)31(38)21-37(29-14-7-8-15-30(29)43-3)44(40,41)24-18-16-23(42-2)17-19-24/h7-9,12-19,22,28H,4-6,10-11,20-21H2,1-3H3,(H,35,39). The van der Waals surface area contributed by atoms with Crippen LogP contribution in [0.3, 0.4) is 0 Å². The van der Waals surface area contributed by atoms with E-state index < -0.39 is 28.5 Å². The molecule has 1 atom stereocenters. The zero-order chi connectivity index (χ0) is 31.9. The van der Waals surface area contributed by atoms with Gasteiger partial charge in [0.25, 0.3) is 10.0 Å². The lowest BCUT2D eigenvalue weighted by Gasteiger charge is -2.34. The first kappa shape index (κ1) is 33.4. The fourth-order valence-electron chi connectivity index (χ4n) is 5.36. The van der Waals surface area contributed by atoms with Crippen molar-refractivity contribution < 1.29 is 27.5 Å². The molecule has 3 aromatic carbocycles. The molecule has 0 aliphatic heterocycles. The predicted molar refractivity (Wildman–Crippen MR) is 172 cm³/mol. The first-order valence-electron chi connectivity index (χ1n) is 14.4. The predicted octanol–water partition coefficient (Wildman–Crippen LogP) is 6.07. The summed E-state index contributed by atoms with van der Waals surface area (Å²) in [7, 11) is -1.40. The molecule has 0 heterocycles. The smallest absolute Gasteiger partial charge is 0.264 e. The number of amides is 2. The summed E-state index contributed by atoms with van der Waals surface area (Å²) in [6.07, 6.45) is 4.07. The number of carbonyl (C=O) groups is 2. The lowest BCUT2D eigenvalue weighted by molar-refractivity contribution is -0.140. The van der Waals surface area contributed by atoms with Crippen molar-refractivity contribution in [2.24, 2.45) is 0 Å². The van der Waals surface area contributed by atoms with Crippen LogP contribution in [0.5, 0.6) is 11.5 Å². The lowest BCUT2D eigenvalue weighted by Crippen LogP contribution is -2.53. The maximum atomic E-state index is 14.4. The number of rotatable bonds is 13. The van der Waals surface area contributed by atoms with Gasteiger partial charge in [0.15, 0.2) is 0 Å². The largest absolute Gasteiger partial charge is 0.497 e. The summed E-state index contributed by atoms with van der Waals surface area (Å²) in [5.74, 6) is -0.190. The number of para-hydroxylation sites is 2. The Kier molecular flexibility index (Phi) is 11.4. The molecule has 0 saturated heterocycles. The molecule has 1 saturated carbocycles. The van der Waals surface area contributed by atoms with E-state index in [0.717, 1.165) is 30.0 Å². The van der Waals surface area contributed by atoms with Crippen LogP contribution in [-0.2, 0) is 26.2 Å². The number of anilines is 1. The Balaban J connectivity index is 1.77. The minimum Gasteiger partial charge on any atom is -0.497 e. The van der Waals surface area contributed by atoms with Crippen molar-refractivity contribution in [3.63, 3.8) is 0 Å². The number of hydrogen-bond donors (Lipinski definition) is 1. The molecule has 4 rings (SSSR count). The molecule has 1 aliphatic rings. The highest BCUT2D eigenvalue weighted by Crippen LogP contribution is 2.34. The van der Waals surface area contributed by atoms with Gasteiger partial charge in [0.05, 0.1) is 24.8 Å². The summed E-state index contributed by atoms with van der Waals surface area (Å²) in [6, 6.07) is 16.5. The SMILES string of the molecule is CCC(C(=O)NC1CCCC1)N(Cc1c(Cl)cccc1Cl)C(=O)CN(c1ccccc1OC)S(=O)(=O)c1ccc(OC)cc1. The van der Waals surface area contributed by atoms with E-state index in [1.165, 1.54) is 43.4 Å². The van der Waals surface area contributed by atoms with Crippen molar-refractivity contribution in [3.8, 4) is 11.5 Å². The van der Waals surface area contributed by atoms with Crippen molar-refractivity contribution in [1.82, 2.24) is 10.2 Å². The highest BCUT2D eigenvalue weighted by Gasteiger charge is 2.36. The summed E-state index contributed by atoms with van der Waals surface area (Å²) < 4.78 is 40.0. The van der Waals surface area contributed by atoms with Gasteiger partial charge in [0.2, 0.25) is 11.8 Å². The van der Waals surface area contributed by atoms with Crippen LogP contribution in [0.25, 0.3) is 0 Å². The molecule has 0 bridgehead atoms. The first-order chi connectivity index (χ1) is 21.1. The van der Waals surface area contributed by atoms with E-state index in [4.69, 9.17) is 32.7 Å². The Morgan fingerprint density at radius 2 is 1.57 bits per heavy atom. The van der Waals surface area contributed by atoms with Gasteiger partial charge in [0, 0.05) is 28.2 Å². The second kappa shape index (κ2) is 15.0. The van der Waals surface area contributed by atoms with Gasteiger partial charge in [-0.2, -0.15) is 0 Å². The third-order valence-corrected chi connectivity index (χ3v) is 10.2. The molecule has 1 N–H and O–H groups in total. The maximum Gasteiger partial charge on any atom is 0.264 e. The fourth-order valence-corrected chi connectivity index (χ4v) is 7.31. The van der Waals surface area contributed by atoms with Gasteiger partial charge in [-0.25, -0.2) is 8.42 Å². The monoisotopic (exact) mass is 661 g/mol. The highest BCUT2D eigenvalue weighted by atomic mass is 35.5. The fraction of sp³-hybridized carbons (Fsp3) is 0.375. The number of methoxy groups -OCH3 is 2. The number of ether oxygens (including phenoxy) is 2. The van der Waals surface area contributed by atoms with E-state index in [9.17, 15) is 18.0 Å². The molecule has 236 valence electrons. The third kappa shape index (κ3) is 7.60. The number of carbonyl (C=O) groups excluding carboxylic acids is 2. The van der Waals surface area contributed by atoms with Crippen LogP contribution in [0.15, 0.2) is 71.6 Å². The van der Waals surface area contributed by atoms with Gasteiger partial charge >= 0.3 is 0 Å². The first-order valence-corrected chi connectivity index (χ1v) is 16.6. The van der Waals surface area contributed by atoms with Crippen molar-refractivity contribution in [1.29, 1.82) is 0 Å². The zero-order valence-electron chi connectivity index (χ0n) is 25.0. The van der Waals surface area contributed by atoms with E-state index >= 15 is 0 Å². The van der Waals surface area contributed by atoms with Crippen molar-refractivity contribution in [2.45, 2.75) is 62.6 Å². The van der Waals surface area contributed by atoms with E-state index in [0.29, 0.717) is 21.4 Å². The summed E-state index contributed by atoms with van der Waals surface area (Å²) in [5, 5.41) is 3.74. The molecular formula is C32H37Cl2N3O6S. The third-order valence-electron chi connectivity index (χ3n) is 7.76. The second-order valence-corrected chi connectivity index (χ2v) is 13.2. The Morgan fingerprint density at radius 3 is 2.16 bits per heavy atom. The average Bonchev–Trinajstić information content (AvgIpc) is 3.54. The van der Waals surface area contributed by atoms with Gasteiger partial charge < -0.3 is 19.7 Å². The number of nitrogens with one attached hydrogen (secondary N) is 1. The topological polar surface area (TPSA) is 105 Å². The molecule has 0 spiro atoms. The Labute approximate surface area is 269 Å². The van der Waals surface area contributed by atoms with Gasteiger partial charge in [-0.3, -0.25) is 13.9 Å². The minimum atomic E-state index is -4.30. The van der Waals surface area contributed by atoms with Crippen LogP contribution in [-0.4, -0.2) is 58.0 Å². The summed E-state index contributed by atoms with van der Waals surface area (Å²) >= 11 is 13.0. The van der Waals surface area contributed by atoms with Crippen LogP contribution in [0, 0.1) is 0 Å². The summed E-state index contributed by atoms with van der Waals surface area (Å²) in [5.41, 5.74) is 0.622. The molecule has 0 aromatic heterocycles. The number of sulfonamides is 1. The normalized spacial score (nSPS) is 14.1. The highest BCUT2D eigenvalue weighted by molar-refractivity contribution is 7.92. The zero-order valence-corrected chi connectivity index (χ0v) is 27.3. The molecule has 1 aliphatic carbocycles. The molecule has 1 fully saturated rings. The van der Waals surface area contributed by atoms with Gasteiger partial charge in [-0.15, -0.1) is 0 Å². The lowest BCUT2D eigenvalue weighted by atomic mass is 10.1. The van der Waals surface area contributed by atoms with E-state index in [2.05, 4.69) is 5.32 Å². The molecule has 12 heteroatoms. The quantitative estimate of drug-likeness (QED) is 0.238. The van der Waals surface area contributed by atoms with Crippen molar-refractivity contribution in [2.75, 3.05) is 25.1 Å². The number of benzene rings is 3. The molecule has 0 radical (unpaired) electrons. The molecular weight excluding hydrogens is 625 g/mol. The molecule has 1 unspecified atom stereocenters. The van der Waals surface area contributed by atoms with Crippen LogP contribution in [0.2, 0.25) is 10.0 Å². The Hall–Kier alpha value is -3.47. The van der Waals surface area contributed by atoms with Gasteiger partial charge in [-0.1, -0.05) is 61.2 Å². The van der Waals surface area contributed by atoms with Crippen LogP contribution >= 0.6 is 23.2 Å². The van der Waals surface area contributed by atoms with E-state index in [-0.39, 0.29) is 41.2 Å². The molecule has 9 nitrogen and oxygen atoms in total. The summed E-state index contributed by atoms with van der Waals surface area (Å²) in [6.45, 7) is 1.08. The van der Waals surface area contributed by atoms with Crippen LogP contribution in [0.4, 0.5) is 5.69 Å². The summed E-state index contributed by atoms with van der Waals surface area (Å²) in [4.78, 5) is 29.3. The van der Waals surface area contributed by atoms with Crippen molar-refractivity contribution in [3.05, 3.63) is 82.3 Å². The Bertz CT molecular complexity index is 1540. The average molecular weight is 663 g/mol. The molecule has 2 amide bonds. The second-order valence-electron chi connectivity index (χ2n) is 10.5. The number of nitrogens with zero attached hydrogens (tertiary/aromatic N) is 2. The Morgan fingerprint density at radius 1 is 0.932 bits per heavy atom. The maximum absolute atomic E-state index is 14.4. The molecule has 44 heavy (non-hydrogen) atoms. The van der Waals surface area contributed by atoms with Gasteiger partial charge in [0.1, 0.15) is 24.1 Å². The molecule has 3 aromatic rings. The number of hydrogen-bond acceptors (Lipinski definition) is 6. The van der Waals surface area contributed by atoms with Crippen LogP contribution < -0.4 is 19.1 Å². The van der Waals surface area contributed by atoms with E-state index in [1.54, 1.807) is 49.4 Å². The van der Waals surface area contributed by atoms with Crippen molar-refractivity contribution >= 4 is 50.7 Å².